The van der Waals surface area contributed by atoms with Crippen LogP contribution in [0.4, 0.5) is 17.1 Å². The molecule has 25 heavy (non-hydrogen) atoms. The zero-order chi connectivity index (χ0) is 17.2. The predicted molar refractivity (Wildman–Crippen MR) is 101 cm³/mol. The van der Waals surface area contributed by atoms with Gasteiger partial charge in [-0.05, 0) is 41.5 Å². The quantitative estimate of drug-likeness (QED) is 0.561. The number of nitrogens with one attached hydrogen (secondary N) is 1. The summed E-state index contributed by atoms with van der Waals surface area (Å²) in [7, 11) is 0. The Morgan fingerprint density at radius 1 is 0.880 bits per heavy atom. The van der Waals surface area contributed by atoms with Gasteiger partial charge < -0.3 is 11.1 Å². The number of fused-ring (bicyclic) bond motifs is 1. The standard InChI is InChI=1S/C21H17N3O/c22-15-10-12-16(13-11-15)23-20(14-6-2-1-3-7-14)19-17-8-4-5-9-18(17)24-21(19)25/h1-13,19H,22H2,(H,24,25). The zero-order valence-electron chi connectivity index (χ0n) is 13.5. The van der Waals surface area contributed by atoms with Gasteiger partial charge in [0, 0.05) is 11.4 Å². The fourth-order valence-electron chi connectivity index (χ4n) is 3.07. The summed E-state index contributed by atoms with van der Waals surface area (Å²) in [5.74, 6) is -0.490. The topological polar surface area (TPSA) is 67.5 Å². The molecular formula is C21H17N3O. The summed E-state index contributed by atoms with van der Waals surface area (Å²) in [6, 6.07) is 24.9. The van der Waals surface area contributed by atoms with Crippen LogP contribution in [0, 0.1) is 0 Å². The zero-order valence-corrected chi connectivity index (χ0v) is 13.5. The van der Waals surface area contributed by atoms with Gasteiger partial charge in [-0.15, -0.1) is 0 Å². The maximum Gasteiger partial charge on any atom is 0.238 e. The number of carbonyl (C=O) groups is 1. The first kappa shape index (κ1) is 15.1. The Kier molecular flexibility index (Phi) is 3.78. The van der Waals surface area contributed by atoms with E-state index in [4.69, 9.17) is 10.7 Å². The minimum atomic E-state index is -0.434. The number of nitrogens with zero attached hydrogens (tertiary/aromatic N) is 1. The van der Waals surface area contributed by atoms with E-state index in [1.807, 2.05) is 78.9 Å². The molecule has 1 heterocycles. The van der Waals surface area contributed by atoms with Crippen LogP contribution in [0.3, 0.4) is 0 Å². The number of hydrogen-bond acceptors (Lipinski definition) is 3. The highest BCUT2D eigenvalue weighted by Gasteiger charge is 2.35. The van der Waals surface area contributed by atoms with Gasteiger partial charge in [-0.25, -0.2) is 0 Å². The Labute approximate surface area is 146 Å². The van der Waals surface area contributed by atoms with E-state index in [0.717, 1.165) is 28.2 Å². The van der Waals surface area contributed by atoms with Crippen molar-refractivity contribution in [3.05, 3.63) is 90.0 Å². The van der Waals surface area contributed by atoms with Crippen LogP contribution in [-0.2, 0) is 4.79 Å². The summed E-state index contributed by atoms with van der Waals surface area (Å²) in [6.07, 6.45) is 0. The number of rotatable bonds is 3. The van der Waals surface area contributed by atoms with Crippen molar-refractivity contribution in [3.8, 4) is 0 Å². The van der Waals surface area contributed by atoms with Gasteiger partial charge in [0.15, 0.2) is 0 Å². The van der Waals surface area contributed by atoms with Crippen LogP contribution in [0.25, 0.3) is 0 Å². The van der Waals surface area contributed by atoms with E-state index < -0.39 is 5.92 Å². The number of amides is 1. The average molecular weight is 327 g/mol. The minimum absolute atomic E-state index is 0.0563. The molecular weight excluding hydrogens is 310 g/mol. The van der Waals surface area contributed by atoms with Gasteiger partial charge in [-0.1, -0.05) is 48.5 Å². The maximum atomic E-state index is 12.7. The van der Waals surface area contributed by atoms with Gasteiger partial charge in [0.1, 0.15) is 5.92 Å². The number of benzene rings is 3. The third-order valence-corrected chi connectivity index (χ3v) is 4.28. The van der Waals surface area contributed by atoms with Crippen LogP contribution >= 0.6 is 0 Å². The van der Waals surface area contributed by atoms with Crippen LogP contribution in [0.1, 0.15) is 17.0 Å². The highest BCUT2D eigenvalue weighted by molar-refractivity contribution is 6.24. The summed E-state index contributed by atoms with van der Waals surface area (Å²) in [5.41, 5.74) is 10.7. The van der Waals surface area contributed by atoms with Crippen molar-refractivity contribution in [3.63, 3.8) is 0 Å². The van der Waals surface area contributed by atoms with Crippen molar-refractivity contribution in [1.29, 1.82) is 0 Å². The van der Waals surface area contributed by atoms with E-state index >= 15 is 0 Å². The van der Waals surface area contributed by atoms with Gasteiger partial charge in [0.2, 0.25) is 5.91 Å². The fraction of sp³-hybridized carbons (Fsp3) is 0.0476. The average Bonchev–Trinajstić information content (AvgIpc) is 2.98. The summed E-state index contributed by atoms with van der Waals surface area (Å²) < 4.78 is 0. The van der Waals surface area contributed by atoms with Gasteiger partial charge in [-0.2, -0.15) is 0 Å². The number of nitrogens with two attached hydrogens (primary N) is 1. The fourth-order valence-corrected chi connectivity index (χ4v) is 3.07. The third kappa shape index (κ3) is 2.90. The molecule has 3 aromatic rings. The second-order valence-corrected chi connectivity index (χ2v) is 5.96. The molecule has 0 saturated carbocycles. The third-order valence-electron chi connectivity index (χ3n) is 4.28. The molecule has 0 saturated heterocycles. The van der Waals surface area contributed by atoms with E-state index in [2.05, 4.69) is 5.32 Å². The predicted octanol–water partition coefficient (Wildman–Crippen LogP) is 4.13. The normalized spacial score (nSPS) is 16.4. The molecule has 1 aliphatic rings. The summed E-state index contributed by atoms with van der Waals surface area (Å²) in [4.78, 5) is 17.5. The molecule has 0 spiro atoms. The number of nitrogen functional groups attached to an aromatic ring is 1. The largest absolute Gasteiger partial charge is 0.399 e. The Morgan fingerprint density at radius 3 is 2.32 bits per heavy atom. The SMILES string of the molecule is Nc1ccc(N=C(c2ccccc2)C2C(=O)Nc3ccccc32)cc1. The van der Waals surface area contributed by atoms with E-state index in [9.17, 15) is 4.79 Å². The molecule has 0 fully saturated rings. The lowest BCUT2D eigenvalue weighted by molar-refractivity contribution is -0.115. The van der Waals surface area contributed by atoms with Gasteiger partial charge in [-0.3, -0.25) is 9.79 Å². The number of para-hydroxylation sites is 1. The monoisotopic (exact) mass is 327 g/mol. The van der Waals surface area contributed by atoms with Crippen LogP contribution in [0.2, 0.25) is 0 Å². The smallest absolute Gasteiger partial charge is 0.238 e. The van der Waals surface area contributed by atoms with Crippen LogP contribution in [-0.4, -0.2) is 11.6 Å². The molecule has 0 aromatic heterocycles. The van der Waals surface area contributed by atoms with Gasteiger partial charge in [0.25, 0.3) is 0 Å². The lowest BCUT2D eigenvalue weighted by Gasteiger charge is -2.14. The number of aliphatic imine (C=N–C) groups is 1. The molecule has 1 aliphatic heterocycles. The Morgan fingerprint density at radius 2 is 1.56 bits per heavy atom. The van der Waals surface area contributed by atoms with Gasteiger partial charge >= 0.3 is 0 Å². The Bertz CT molecular complexity index is 946. The molecule has 1 unspecified atom stereocenters. The molecule has 3 aromatic carbocycles. The first-order valence-corrected chi connectivity index (χ1v) is 8.12. The molecule has 0 bridgehead atoms. The molecule has 0 aliphatic carbocycles. The molecule has 122 valence electrons. The van der Waals surface area contributed by atoms with E-state index in [-0.39, 0.29) is 5.91 Å². The van der Waals surface area contributed by atoms with Crippen molar-refractivity contribution in [2.45, 2.75) is 5.92 Å². The molecule has 3 N–H and O–H groups in total. The molecule has 4 heteroatoms. The Hall–Kier alpha value is -3.40. The summed E-state index contributed by atoms with van der Waals surface area (Å²) in [6.45, 7) is 0. The maximum absolute atomic E-state index is 12.7. The number of anilines is 2. The molecule has 4 nitrogen and oxygen atoms in total. The lowest BCUT2D eigenvalue weighted by Crippen LogP contribution is -2.21. The second kappa shape index (κ2) is 6.24. The van der Waals surface area contributed by atoms with Crippen LogP contribution in [0.5, 0.6) is 0 Å². The highest BCUT2D eigenvalue weighted by Crippen LogP contribution is 2.36. The number of hydrogen-bond donors (Lipinski definition) is 2. The van der Waals surface area contributed by atoms with Crippen LogP contribution in [0.15, 0.2) is 83.9 Å². The molecule has 4 rings (SSSR count). The Balaban J connectivity index is 1.87. The van der Waals surface area contributed by atoms with Gasteiger partial charge in [0.05, 0.1) is 11.4 Å². The molecule has 1 atom stereocenters. The minimum Gasteiger partial charge on any atom is -0.399 e. The summed E-state index contributed by atoms with van der Waals surface area (Å²) >= 11 is 0. The van der Waals surface area contributed by atoms with E-state index in [1.165, 1.54) is 0 Å². The molecule has 0 radical (unpaired) electrons. The van der Waals surface area contributed by atoms with Crippen LogP contribution < -0.4 is 11.1 Å². The van der Waals surface area contributed by atoms with Crippen molar-refractivity contribution in [1.82, 2.24) is 0 Å². The highest BCUT2D eigenvalue weighted by atomic mass is 16.2. The van der Waals surface area contributed by atoms with Crippen molar-refractivity contribution in [2.24, 2.45) is 4.99 Å². The van der Waals surface area contributed by atoms with Crippen molar-refractivity contribution in [2.75, 3.05) is 11.1 Å². The number of carbonyl (C=O) groups excluding carboxylic acids is 1. The summed E-state index contributed by atoms with van der Waals surface area (Å²) in [5, 5.41) is 2.95. The first-order chi connectivity index (χ1) is 12.2. The second-order valence-electron chi connectivity index (χ2n) is 5.96. The lowest BCUT2D eigenvalue weighted by atomic mass is 9.90. The van der Waals surface area contributed by atoms with E-state index in [1.54, 1.807) is 0 Å². The van der Waals surface area contributed by atoms with Crippen molar-refractivity contribution < 1.29 is 4.79 Å². The van der Waals surface area contributed by atoms with E-state index in [0.29, 0.717) is 5.69 Å². The first-order valence-electron chi connectivity index (χ1n) is 8.12. The van der Waals surface area contributed by atoms with Crippen molar-refractivity contribution >= 4 is 28.7 Å². The molecule has 1 amide bonds.